The second-order valence-electron chi connectivity index (χ2n) is 3.63. The SMILES string of the molecule is CS(=O)Cc1noc(Cc2cccc(F)c2)n1. The summed E-state index contributed by atoms with van der Waals surface area (Å²) in [4.78, 5) is 4.08. The van der Waals surface area contributed by atoms with Crippen LogP contribution in [-0.2, 0) is 23.0 Å². The third-order valence-corrected chi connectivity index (χ3v) is 2.75. The number of hydrogen-bond donors (Lipinski definition) is 0. The summed E-state index contributed by atoms with van der Waals surface area (Å²) < 4.78 is 28.9. The zero-order chi connectivity index (χ0) is 12.3. The summed E-state index contributed by atoms with van der Waals surface area (Å²) in [5.41, 5.74) is 0.762. The van der Waals surface area contributed by atoms with E-state index in [1.807, 2.05) is 0 Å². The molecule has 0 spiro atoms. The van der Waals surface area contributed by atoms with Crippen LogP contribution in [0.2, 0.25) is 0 Å². The van der Waals surface area contributed by atoms with Crippen LogP contribution < -0.4 is 0 Å². The van der Waals surface area contributed by atoms with E-state index in [-0.39, 0.29) is 11.6 Å². The predicted octanol–water partition coefficient (Wildman–Crippen LogP) is 1.68. The fourth-order valence-electron chi connectivity index (χ4n) is 1.42. The summed E-state index contributed by atoms with van der Waals surface area (Å²) in [6.45, 7) is 0. The van der Waals surface area contributed by atoms with Crippen LogP contribution in [0.1, 0.15) is 17.3 Å². The summed E-state index contributed by atoms with van der Waals surface area (Å²) in [7, 11) is -0.998. The average molecular weight is 254 g/mol. The number of nitrogens with zero attached hydrogens (tertiary/aromatic N) is 2. The minimum atomic E-state index is -0.998. The van der Waals surface area contributed by atoms with E-state index in [4.69, 9.17) is 4.52 Å². The maximum atomic E-state index is 12.9. The van der Waals surface area contributed by atoms with Crippen molar-refractivity contribution in [3.8, 4) is 0 Å². The molecule has 0 aliphatic carbocycles. The largest absolute Gasteiger partial charge is 0.339 e. The van der Waals surface area contributed by atoms with E-state index < -0.39 is 10.8 Å². The van der Waals surface area contributed by atoms with Crippen LogP contribution in [-0.4, -0.2) is 20.6 Å². The van der Waals surface area contributed by atoms with Gasteiger partial charge in [-0.2, -0.15) is 4.98 Å². The van der Waals surface area contributed by atoms with Crippen molar-refractivity contribution in [1.29, 1.82) is 0 Å². The Labute approximate surface area is 100 Å². The molecule has 17 heavy (non-hydrogen) atoms. The first-order valence-electron chi connectivity index (χ1n) is 4.99. The molecule has 1 atom stereocenters. The Bertz CT molecular complexity index is 542. The molecule has 2 rings (SSSR count). The summed E-state index contributed by atoms with van der Waals surface area (Å²) in [5.74, 6) is 0.789. The zero-order valence-electron chi connectivity index (χ0n) is 9.22. The topological polar surface area (TPSA) is 56.0 Å². The van der Waals surface area contributed by atoms with E-state index in [1.165, 1.54) is 12.1 Å². The first kappa shape index (κ1) is 11.9. The van der Waals surface area contributed by atoms with Crippen LogP contribution in [0, 0.1) is 5.82 Å². The van der Waals surface area contributed by atoms with Crippen LogP contribution in [0.4, 0.5) is 4.39 Å². The van der Waals surface area contributed by atoms with Gasteiger partial charge in [-0.05, 0) is 17.7 Å². The van der Waals surface area contributed by atoms with Gasteiger partial charge in [-0.3, -0.25) is 4.21 Å². The molecule has 0 radical (unpaired) electrons. The number of halogens is 1. The molecule has 0 bridgehead atoms. The Hall–Kier alpha value is -1.56. The first-order chi connectivity index (χ1) is 8.13. The van der Waals surface area contributed by atoms with Gasteiger partial charge in [0.05, 0.1) is 12.2 Å². The lowest BCUT2D eigenvalue weighted by molar-refractivity contribution is 0.380. The molecule has 1 aromatic heterocycles. The van der Waals surface area contributed by atoms with Gasteiger partial charge in [0, 0.05) is 17.1 Å². The van der Waals surface area contributed by atoms with Crippen molar-refractivity contribution < 1.29 is 13.1 Å². The van der Waals surface area contributed by atoms with Crippen LogP contribution in [0.25, 0.3) is 0 Å². The zero-order valence-corrected chi connectivity index (χ0v) is 10.0. The van der Waals surface area contributed by atoms with E-state index in [2.05, 4.69) is 10.1 Å². The van der Waals surface area contributed by atoms with E-state index in [9.17, 15) is 8.60 Å². The maximum Gasteiger partial charge on any atom is 0.231 e. The van der Waals surface area contributed by atoms with E-state index in [0.29, 0.717) is 18.1 Å². The summed E-state index contributed by atoms with van der Waals surface area (Å²) in [5, 5.41) is 3.70. The van der Waals surface area contributed by atoms with Crippen molar-refractivity contribution in [2.75, 3.05) is 6.26 Å². The van der Waals surface area contributed by atoms with E-state index >= 15 is 0 Å². The molecule has 90 valence electrons. The Balaban J connectivity index is 2.08. The molecule has 1 unspecified atom stereocenters. The van der Waals surface area contributed by atoms with Crippen molar-refractivity contribution in [2.24, 2.45) is 0 Å². The lowest BCUT2D eigenvalue weighted by Crippen LogP contribution is -1.95. The number of benzene rings is 1. The molecule has 0 N–H and O–H groups in total. The normalized spacial score (nSPS) is 12.6. The first-order valence-corrected chi connectivity index (χ1v) is 6.72. The van der Waals surface area contributed by atoms with Crippen molar-refractivity contribution in [3.05, 3.63) is 47.4 Å². The molecule has 0 fully saturated rings. The maximum absolute atomic E-state index is 12.9. The monoisotopic (exact) mass is 254 g/mol. The Kier molecular flexibility index (Phi) is 3.63. The Morgan fingerprint density at radius 1 is 1.47 bits per heavy atom. The molecule has 0 saturated heterocycles. The quantitative estimate of drug-likeness (QED) is 0.833. The smallest absolute Gasteiger partial charge is 0.231 e. The predicted molar refractivity (Wildman–Crippen MR) is 61.3 cm³/mol. The average Bonchev–Trinajstić information content (AvgIpc) is 2.64. The number of aromatic nitrogens is 2. The number of hydrogen-bond acceptors (Lipinski definition) is 4. The lowest BCUT2D eigenvalue weighted by Gasteiger charge is -1.95. The van der Waals surface area contributed by atoms with Gasteiger partial charge in [-0.25, -0.2) is 4.39 Å². The van der Waals surface area contributed by atoms with Crippen molar-refractivity contribution >= 4 is 10.8 Å². The van der Waals surface area contributed by atoms with Crippen LogP contribution in [0.15, 0.2) is 28.8 Å². The molecule has 0 aliphatic rings. The minimum Gasteiger partial charge on any atom is -0.339 e. The summed E-state index contributed by atoms with van der Waals surface area (Å²) in [6, 6.07) is 6.21. The summed E-state index contributed by atoms with van der Waals surface area (Å²) >= 11 is 0. The highest BCUT2D eigenvalue weighted by Crippen LogP contribution is 2.09. The molecule has 4 nitrogen and oxygen atoms in total. The molecule has 1 heterocycles. The van der Waals surface area contributed by atoms with Gasteiger partial charge in [-0.1, -0.05) is 17.3 Å². The second-order valence-corrected chi connectivity index (χ2v) is 5.06. The fourth-order valence-corrected chi connectivity index (χ4v) is 1.90. The molecule has 0 aliphatic heterocycles. The van der Waals surface area contributed by atoms with E-state index in [0.717, 1.165) is 5.56 Å². The fraction of sp³-hybridized carbons (Fsp3) is 0.273. The van der Waals surface area contributed by atoms with Crippen molar-refractivity contribution in [3.63, 3.8) is 0 Å². The van der Waals surface area contributed by atoms with Gasteiger partial charge in [0.15, 0.2) is 5.82 Å². The van der Waals surface area contributed by atoms with Crippen LogP contribution in [0.3, 0.4) is 0 Å². The molecule has 1 aromatic carbocycles. The minimum absolute atomic E-state index is 0.270. The van der Waals surface area contributed by atoms with Gasteiger partial charge in [0.25, 0.3) is 0 Å². The van der Waals surface area contributed by atoms with Crippen molar-refractivity contribution in [2.45, 2.75) is 12.2 Å². The highest BCUT2D eigenvalue weighted by Gasteiger charge is 2.08. The second kappa shape index (κ2) is 5.18. The van der Waals surface area contributed by atoms with Gasteiger partial charge in [-0.15, -0.1) is 0 Å². The third kappa shape index (κ3) is 3.45. The highest BCUT2D eigenvalue weighted by atomic mass is 32.2. The van der Waals surface area contributed by atoms with E-state index in [1.54, 1.807) is 18.4 Å². The molecular formula is C11H11FN2O2S. The summed E-state index contributed by atoms with van der Waals surface area (Å²) in [6.07, 6.45) is 1.95. The molecule has 6 heteroatoms. The van der Waals surface area contributed by atoms with Crippen molar-refractivity contribution in [1.82, 2.24) is 10.1 Å². The Morgan fingerprint density at radius 2 is 2.29 bits per heavy atom. The molecule has 2 aromatic rings. The molecule has 0 saturated carbocycles. The lowest BCUT2D eigenvalue weighted by atomic mass is 10.1. The number of rotatable bonds is 4. The van der Waals surface area contributed by atoms with Crippen LogP contribution in [0.5, 0.6) is 0 Å². The van der Waals surface area contributed by atoms with Gasteiger partial charge >= 0.3 is 0 Å². The highest BCUT2D eigenvalue weighted by molar-refractivity contribution is 7.83. The van der Waals surface area contributed by atoms with Gasteiger partial charge < -0.3 is 4.52 Å². The van der Waals surface area contributed by atoms with Crippen LogP contribution >= 0.6 is 0 Å². The van der Waals surface area contributed by atoms with Gasteiger partial charge in [0.1, 0.15) is 5.82 Å². The van der Waals surface area contributed by atoms with Gasteiger partial charge in [0.2, 0.25) is 5.89 Å². The molecule has 0 amide bonds. The third-order valence-electron chi connectivity index (χ3n) is 2.09. The standard InChI is InChI=1S/C11H11FN2O2S/c1-17(15)7-10-13-11(16-14-10)6-8-3-2-4-9(12)5-8/h2-5H,6-7H2,1H3. The Morgan fingerprint density at radius 3 is 3.00 bits per heavy atom. The molecular weight excluding hydrogens is 243 g/mol.